The minimum atomic E-state index is -0.190. The summed E-state index contributed by atoms with van der Waals surface area (Å²) in [5, 5.41) is 9.13. The first-order valence-electron chi connectivity index (χ1n) is 6.51. The van der Waals surface area contributed by atoms with Crippen LogP contribution in [0.25, 0.3) is 0 Å². The summed E-state index contributed by atoms with van der Waals surface area (Å²) in [6.45, 7) is 9.25. The van der Waals surface area contributed by atoms with Crippen molar-refractivity contribution in [3.05, 3.63) is 12.4 Å². The lowest BCUT2D eigenvalue weighted by molar-refractivity contribution is -0.122. The van der Waals surface area contributed by atoms with Gasteiger partial charge in [-0.15, -0.1) is 0 Å². The number of anilines is 2. The normalized spacial score (nSPS) is 10.9. The lowest BCUT2D eigenvalue weighted by Crippen LogP contribution is -2.41. The van der Waals surface area contributed by atoms with Gasteiger partial charge in [-0.2, -0.15) is 0 Å². The van der Waals surface area contributed by atoms with E-state index >= 15 is 0 Å². The summed E-state index contributed by atoms with van der Waals surface area (Å²) < 4.78 is 0. The third kappa shape index (κ3) is 6.59. The Kier molecular flexibility index (Phi) is 5.54. The molecule has 106 valence electrons. The molecule has 0 saturated heterocycles. The van der Waals surface area contributed by atoms with E-state index in [-0.39, 0.29) is 11.4 Å². The number of nitrogens with zero attached hydrogens (tertiary/aromatic N) is 2. The molecule has 0 bridgehead atoms. The van der Waals surface area contributed by atoms with Crippen LogP contribution in [0.2, 0.25) is 0 Å². The summed E-state index contributed by atoms with van der Waals surface area (Å²) in [5.41, 5.74) is -0.190. The van der Waals surface area contributed by atoms with Crippen LogP contribution < -0.4 is 16.0 Å². The van der Waals surface area contributed by atoms with Gasteiger partial charge in [0, 0.05) is 31.1 Å². The fourth-order valence-corrected chi connectivity index (χ4v) is 1.52. The van der Waals surface area contributed by atoms with Crippen molar-refractivity contribution in [3.63, 3.8) is 0 Å². The number of hydrogen-bond acceptors (Lipinski definition) is 5. The fourth-order valence-electron chi connectivity index (χ4n) is 1.52. The second kappa shape index (κ2) is 6.92. The minimum Gasteiger partial charge on any atom is -0.370 e. The maximum atomic E-state index is 11.6. The summed E-state index contributed by atoms with van der Waals surface area (Å²) >= 11 is 0. The van der Waals surface area contributed by atoms with Crippen molar-refractivity contribution in [2.75, 3.05) is 23.7 Å². The van der Waals surface area contributed by atoms with Crippen LogP contribution in [0.4, 0.5) is 11.6 Å². The van der Waals surface area contributed by atoms with E-state index in [0.717, 1.165) is 18.2 Å². The van der Waals surface area contributed by atoms with E-state index in [1.807, 2.05) is 33.8 Å². The number of aromatic nitrogens is 2. The van der Waals surface area contributed by atoms with Gasteiger partial charge in [-0.05, 0) is 27.7 Å². The molecule has 0 atom stereocenters. The van der Waals surface area contributed by atoms with Gasteiger partial charge in [0.05, 0.1) is 0 Å². The smallest absolute Gasteiger partial charge is 0.222 e. The van der Waals surface area contributed by atoms with Gasteiger partial charge in [0.25, 0.3) is 0 Å². The first-order chi connectivity index (χ1) is 8.90. The molecule has 0 fully saturated rings. The van der Waals surface area contributed by atoms with Crippen LogP contribution in [0.15, 0.2) is 12.4 Å². The number of amides is 1. The third-order valence-corrected chi connectivity index (χ3v) is 2.20. The Balaban J connectivity index is 2.36. The molecule has 1 amide bonds. The highest BCUT2D eigenvalue weighted by Gasteiger charge is 2.12. The molecule has 0 aromatic carbocycles. The molecule has 0 saturated carbocycles. The number of nitrogens with one attached hydrogen (secondary N) is 3. The first kappa shape index (κ1) is 15.2. The SMILES string of the molecule is CCNc1cc(NCCC(=O)NC(C)(C)C)ncn1. The van der Waals surface area contributed by atoms with E-state index in [1.54, 1.807) is 0 Å². The highest BCUT2D eigenvalue weighted by Crippen LogP contribution is 2.08. The second-order valence-electron chi connectivity index (χ2n) is 5.29. The van der Waals surface area contributed by atoms with Gasteiger partial charge >= 0.3 is 0 Å². The van der Waals surface area contributed by atoms with E-state index in [2.05, 4.69) is 25.9 Å². The molecule has 0 spiro atoms. The van der Waals surface area contributed by atoms with Gasteiger partial charge in [-0.1, -0.05) is 0 Å². The van der Waals surface area contributed by atoms with Crippen LogP contribution in [0, 0.1) is 0 Å². The molecule has 0 radical (unpaired) electrons. The Morgan fingerprint density at radius 3 is 2.42 bits per heavy atom. The molecule has 1 heterocycles. The molecule has 1 aromatic rings. The Labute approximate surface area is 114 Å². The number of rotatable bonds is 6. The summed E-state index contributed by atoms with van der Waals surface area (Å²) in [7, 11) is 0. The van der Waals surface area contributed by atoms with Gasteiger partial charge in [0.1, 0.15) is 18.0 Å². The van der Waals surface area contributed by atoms with Crippen LogP contribution in [-0.4, -0.2) is 34.5 Å². The summed E-state index contributed by atoms with van der Waals surface area (Å²) in [5.74, 6) is 1.52. The molecule has 6 nitrogen and oxygen atoms in total. The lowest BCUT2D eigenvalue weighted by Gasteiger charge is -2.20. The average Bonchev–Trinajstić information content (AvgIpc) is 2.27. The molecule has 0 aliphatic rings. The maximum absolute atomic E-state index is 11.6. The van der Waals surface area contributed by atoms with Crippen LogP contribution >= 0.6 is 0 Å². The Hall–Kier alpha value is -1.85. The van der Waals surface area contributed by atoms with Crippen molar-refractivity contribution >= 4 is 17.5 Å². The first-order valence-corrected chi connectivity index (χ1v) is 6.51. The predicted molar refractivity (Wildman–Crippen MR) is 77.2 cm³/mol. The second-order valence-corrected chi connectivity index (χ2v) is 5.29. The molecule has 19 heavy (non-hydrogen) atoms. The van der Waals surface area contributed by atoms with E-state index < -0.39 is 0 Å². The summed E-state index contributed by atoms with van der Waals surface area (Å²) in [4.78, 5) is 19.8. The zero-order valence-electron chi connectivity index (χ0n) is 12.1. The largest absolute Gasteiger partial charge is 0.370 e. The fraction of sp³-hybridized carbons (Fsp3) is 0.615. The molecule has 0 aliphatic heterocycles. The molecular formula is C13H23N5O. The highest BCUT2D eigenvalue weighted by molar-refractivity contribution is 5.77. The van der Waals surface area contributed by atoms with Crippen LogP contribution in [0.3, 0.4) is 0 Å². The lowest BCUT2D eigenvalue weighted by atomic mass is 10.1. The number of carbonyl (C=O) groups excluding carboxylic acids is 1. The summed E-state index contributed by atoms with van der Waals surface area (Å²) in [6, 6.07) is 1.82. The number of hydrogen-bond donors (Lipinski definition) is 3. The van der Waals surface area contributed by atoms with Gasteiger partial charge < -0.3 is 16.0 Å². The summed E-state index contributed by atoms with van der Waals surface area (Å²) in [6.07, 6.45) is 1.91. The predicted octanol–water partition coefficient (Wildman–Crippen LogP) is 1.63. The van der Waals surface area contributed by atoms with Crippen molar-refractivity contribution in [2.24, 2.45) is 0 Å². The topological polar surface area (TPSA) is 78.9 Å². The average molecular weight is 265 g/mol. The molecule has 6 heteroatoms. The van der Waals surface area contributed by atoms with Crippen LogP contribution in [0.5, 0.6) is 0 Å². The molecule has 1 aromatic heterocycles. The van der Waals surface area contributed by atoms with Gasteiger partial charge in [0.2, 0.25) is 5.91 Å². The van der Waals surface area contributed by atoms with E-state index in [4.69, 9.17) is 0 Å². The highest BCUT2D eigenvalue weighted by atomic mass is 16.1. The third-order valence-electron chi connectivity index (χ3n) is 2.20. The van der Waals surface area contributed by atoms with E-state index in [0.29, 0.717) is 13.0 Å². The molecule has 1 rings (SSSR count). The molecule has 0 unspecified atom stereocenters. The molecule has 3 N–H and O–H groups in total. The van der Waals surface area contributed by atoms with E-state index in [9.17, 15) is 4.79 Å². The minimum absolute atomic E-state index is 0.0287. The standard InChI is InChI=1S/C13H23N5O/c1-5-14-10-8-11(17-9-16-10)15-7-6-12(19)18-13(2,3)4/h8-9H,5-7H2,1-4H3,(H,18,19)(H2,14,15,16,17). The zero-order valence-corrected chi connectivity index (χ0v) is 12.1. The quantitative estimate of drug-likeness (QED) is 0.728. The van der Waals surface area contributed by atoms with Crippen molar-refractivity contribution in [3.8, 4) is 0 Å². The Morgan fingerprint density at radius 2 is 1.84 bits per heavy atom. The van der Waals surface area contributed by atoms with Crippen molar-refractivity contribution in [1.29, 1.82) is 0 Å². The van der Waals surface area contributed by atoms with Crippen molar-refractivity contribution in [1.82, 2.24) is 15.3 Å². The van der Waals surface area contributed by atoms with Crippen LogP contribution in [-0.2, 0) is 4.79 Å². The van der Waals surface area contributed by atoms with Gasteiger partial charge in [-0.25, -0.2) is 9.97 Å². The van der Waals surface area contributed by atoms with Crippen LogP contribution in [0.1, 0.15) is 34.1 Å². The Morgan fingerprint density at radius 1 is 1.21 bits per heavy atom. The Bertz CT molecular complexity index is 414. The van der Waals surface area contributed by atoms with Crippen molar-refractivity contribution in [2.45, 2.75) is 39.7 Å². The zero-order chi connectivity index (χ0) is 14.3. The van der Waals surface area contributed by atoms with Crippen molar-refractivity contribution < 1.29 is 4.79 Å². The molecule has 0 aliphatic carbocycles. The van der Waals surface area contributed by atoms with E-state index in [1.165, 1.54) is 6.33 Å². The molecular weight excluding hydrogens is 242 g/mol. The maximum Gasteiger partial charge on any atom is 0.222 e. The monoisotopic (exact) mass is 265 g/mol. The number of carbonyl (C=O) groups is 1. The van der Waals surface area contributed by atoms with Gasteiger partial charge in [-0.3, -0.25) is 4.79 Å². The van der Waals surface area contributed by atoms with Gasteiger partial charge in [0.15, 0.2) is 0 Å².